The minimum absolute atomic E-state index is 0.0152. The fourth-order valence-corrected chi connectivity index (χ4v) is 4.19. The van der Waals surface area contributed by atoms with Crippen LogP contribution in [0, 0.1) is 11.8 Å². The fraction of sp³-hybridized carbons (Fsp3) is 0.684. The number of alkyl halides is 3. The Kier molecular flexibility index (Phi) is 9.53. The molecular weight excluding hydrogens is 425 g/mol. The number of aliphatic carboxylic acids is 1. The summed E-state index contributed by atoms with van der Waals surface area (Å²) in [7, 11) is 1.74. The van der Waals surface area contributed by atoms with E-state index in [1.54, 1.807) is 18.4 Å². The third-order valence-electron chi connectivity index (χ3n) is 5.09. The monoisotopic (exact) mass is 452 g/mol. The van der Waals surface area contributed by atoms with Crippen LogP contribution in [-0.2, 0) is 25.6 Å². The Morgan fingerprint density at radius 1 is 1.43 bits per heavy atom. The van der Waals surface area contributed by atoms with Gasteiger partial charge < -0.3 is 24.8 Å². The van der Waals surface area contributed by atoms with Gasteiger partial charge in [0.15, 0.2) is 0 Å². The molecule has 2 aliphatic rings. The standard InChI is InChI=1S/C17H26N2O3S.C2HF3O2/c1-21-7-6-19-5-4-16-13(11-19)9-14(12-22-16)17(20)18-10-15-3-2-8-23-15;3-2(4,5)1(6)7/h2-3,8,13-14,16H,4-7,9-12H2,1H3,(H,18,20);(H,6,7)/t13-,14-,16+;/m1./s1. The van der Waals surface area contributed by atoms with Gasteiger partial charge >= 0.3 is 12.1 Å². The number of nitrogens with zero attached hydrogens (tertiary/aromatic N) is 1. The summed E-state index contributed by atoms with van der Waals surface area (Å²) in [6, 6.07) is 4.06. The summed E-state index contributed by atoms with van der Waals surface area (Å²) < 4.78 is 42.9. The van der Waals surface area contributed by atoms with Crippen molar-refractivity contribution in [2.24, 2.45) is 11.8 Å². The van der Waals surface area contributed by atoms with Gasteiger partial charge in [-0.25, -0.2) is 4.79 Å². The normalized spacial score (nSPS) is 24.3. The molecule has 3 atom stereocenters. The van der Waals surface area contributed by atoms with Gasteiger partial charge in [0.05, 0.1) is 31.8 Å². The molecule has 0 unspecified atom stereocenters. The van der Waals surface area contributed by atoms with Gasteiger partial charge in [0, 0.05) is 31.6 Å². The first-order valence-electron chi connectivity index (χ1n) is 9.63. The second kappa shape index (κ2) is 11.6. The number of thiophene rings is 1. The van der Waals surface area contributed by atoms with E-state index in [-0.39, 0.29) is 11.8 Å². The Morgan fingerprint density at radius 3 is 2.77 bits per heavy atom. The molecule has 2 aliphatic heterocycles. The van der Waals surface area contributed by atoms with E-state index in [0.717, 1.165) is 39.1 Å². The molecule has 0 bridgehead atoms. The van der Waals surface area contributed by atoms with Crippen LogP contribution in [0.5, 0.6) is 0 Å². The zero-order valence-corrected chi connectivity index (χ0v) is 17.5. The second-order valence-corrected chi connectivity index (χ2v) is 8.28. The van der Waals surface area contributed by atoms with Crippen LogP contribution < -0.4 is 5.32 Å². The Balaban J connectivity index is 0.000000396. The fourth-order valence-electron chi connectivity index (χ4n) is 3.54. The quantitative estimate of drug-likeness (QED) is 0.689. The number of nitrogens with one attached hydrogen (secondary N) is 1. The molecule has 1 amide bonds. The third-order valence-corrected chi connectivity index (χ3v) is 5.97. The lowest BCUT2D eigenvalue weighted by Gasteiger charge is -2.43. The van der Waals surface area contributed by atoms with E-state index >= 15 is 0 Å². The molecule has 1 aromatic rings. The van der Waals surface area contributed by atoms with Gasteiger partial charge in [-0.05, 0) is 30.2 Å². The zero-order chi connectivity index (χ0) is 22.1. The number of ether oxygens (including phenoxy) is 2. The minimum Gasteiger partial charge on any atom is -0.475 e. The molecule has 2 N–H and O–H groups in total. The average Bonchev–Trinajstić information content (AvgIpc) is 3.23. The number of carbonyl (C=O) groups is 2. The van der Waals surface area contributed by atoms with Crippen LogP contribution in [0.2, 0.25) is 0 Å². The molecule has 0 radical (unpaired) electrons. The number of hydrogen-bond donors (Lipinski definition) is 2. The first-order valence-corrected chi connectivity index (χ1v) is 10.5. The Labute approximate surface area is 177 Å². The van der Waals surface area contributed by atoms with Gasteiger partial charge in [0.1, 0.15) is 0 Å². The summed E-state index contributed by atoms with van der Waals surface area (Å²) in [5.74, 6) is -2.18. The van der Waals surface area contributed by atoms with Crippen molar-refractivity contribution < 1.29 is 37.3 Å². The highest BCUT2D eigenvalue weighted by Crippen LogP contribution is 2.31. The Morgan fingerprint density at radius 2 is 2.17 bits per heavy atom. The number of methoxy groups -OCH3 is 1. The van der Waals surface area contributed by atoms with Crippen molar-refractivity contribution in [2.45, 2.75) is 31.7 Å². The number of hydrogen-bond acceptors (Lipinski definition) is 6. The Bertz CT molecular complexity index is 672. The second-order valence-electron chi connectivity index (χ2n) is 7.25. The lowest BCUT2D eigenvalue weighted by Crippen LogP contribution is -2.50. The molecule has 170 valence electrons. The first kappa shape index (κ1) is 24.6. The van der Waals surface area contributed by atoms with E-state index < -0.39 is 12.1 Å². The van der Waals surface area contributed by atoms with Gasteiger partial charge in [0.2, 0.25) is 5.91 Å². The van der Waals surface area contributed by atoms with E-state index in [9.17, 15) is 18.0 Å². The minimum atomic E-state index is -5.08. The van der Waals surface area contributed by atoms with Crippen molar-refractivity contribution in [2.75, 3.05) is 40.0 Å². The van der Waals surface area contributed by atoms with Crippen LogP contribution in [0.4, 0.5) is 13.2 Å². The van der Waals surface area contributed by atoms with Gasteiger partial charge in [-0.3, -0.25) is 4.79 Å². The molecule has 2 fully saturated rings. The molecular formula is C19H27F3N2O5S. The highest BCUT2D eigenvalue weighted by Gasteiger charge is 2.39. The van der Waals surface area contributed by atoms with Gasteiger partial charge in [0.25, 0.3) is 0 Å². The Hall–Kier alpha value is -1.69. The number of rotatable bonds is 6. The van der Waals surface area contributed by atoms with E-state index in [2.05, 4.69) is 10.2 Å². The van der Waals surface area contributed by atoms with Gasteiger partial charge in [-0.2, -0.15) is 13.2 Å². The molecule has 7 nitrogen and oxygen atoms in total. The van der Waals surface area contributed by atoms with E-state index in [1.165, 1.54) is 4.88 Å². The molecule has 0 aliphatic carbocycles. The van der Waals surface area contributed by atoms with Crippen LogP contribution in [0.15, 0.2) is 17.5 Å². The number of carbonyl (C=O) groups excluding carboxylic acids is 1. The SMILES string of the molecule is COCCN1CC[C@@H]2OC[C@H](C(=O)NCc3cccs3)C[C@@H]2C1.O=C(O)C(F)(F)F. The maximum atomic E-state index is 12.4. The largest absolute Gasteiger partial charge is 0.490 e. The van der Waals surface area contributed by atoms with Crippen LogP contribution in [-0.4, -0.2) is 74.1 Å². The third kappa shape index (κ3) is 7.86. The molecule has 1 aromatic heterocycles. The molecule has 3 rings (SSSR count). The predicted octanol–water partition coefficient (Wildman–Crippen LogP) is 2.37. The number of piperidine rings is 1. The lowest BCUT2D eigenvalue weighted by atomic mass is 9.83. The van der Waals surface area contributed by atoms with Crippen molar-refractivity contribution in [1.29, 1.82) is 0 Å². The highest BCUT2D eigenvalue weighted by atomic mass is 32.1. The van der Waals surface area contributed by atoms with Crippen molar-refractivity contribution in [3.63, 3.8) is 0 Å². The molecule has 11 heteroatoms. The van der Waals surface area contributed by atoms with Gasteiger partial charge in [-0.15, -0.1) is 11.3 Å². The molecule has 0 saturated carbocycles. The highest BCUT2D eigenvalue weighted by molar-refractivity contribution is 7.09. The summed E-state index contributed by atoms with van der Waals surface area (Å²) in [5, 5.41) is 12.2. The van der Waals surface area contributed by atoms with E-state index in [1.807, 2.05) is 17.5 Å². The van der Waals surface area contributed by atoms with Crippen LogP contribution in [0.3, 0.4) is 0 Å². The van der Waals surface area contributed by atoms with Crippen molar-refractivity contribution in [1.82, 2.24) is 10.2 Å². The predicted molar refractivity (Wildman–Crippen MR) is 104 cm³/mol. The molecule has 0 spiro atoms. The summed E-state index contributed by atoms with van der Waals surface area (Å²) in [6.07, 6.45) is -2.75. The van der Waals surface area contributed by atoms with Crippen molar-refractivity contribution in [3.8, 4) is 0 Å². The maximum Gasteiger partial charge on any atom is 0.490 e. The lowest BCUT2D eigenvalue weighted by molar-refractivity contribution is -0.192. The molecule has 3 heterocycles. The van der Waals surface area contributed by atoms with Crippen molar-refractivity contribution in [3.05, 3.63) is 22.4 Å². The number of likely N-dealkylation sites (tertiary alicyclic amines) is 1. The number of amides is 1. The van der Waals surface area contributed by atoms with Crippen molar-refractivity contribution >= 4 is 23.2 Å². The number of fused-ring (bicyclic) bond motifs is 1. The average molecular weight is 452 g/mol. The van der Waals surface area contributed by atoms with Crippen LogP contribution in [0.25, 0.3) is 0 Å². The summed E-state index contributed by atoms with van der Waals surface area (Å²) >= 11 is 1.67. The number of halogens is 3. The van der Waals surface area contributed by atoms with E-state index in [4.69, 9.17) is 19.4 Å². The summed E-state index contributed by atoms with van der Waals surface area (Å²) in [4.78, 5) is 24.9. The number of carboxylic acids is 1. The maximum absolute atomic E-state index is 12.4. The zero-order valence-electron chi connectivity index (χ0n) is 16.7. The topological polar surface area (TPSA) is 88.1 Å². The first-order chi connectivity index (χ1) is 14.2. The van der Waals surface area contributed by atoms with Crippen LogP contribution in [0.1, 0.15) is 17.7 Å². The van der Waals surface area contributed by atoms with Crippen LogP contribution >= 0.6 is 11.3 Å². The smallest absolute Gasteiger partial charge is 0.475 e. The summed E-state index contributed by atoms with van der Waals surface area (Å²) in [6.45, 7) is 5.01. The van der Waals surface area contributed by atoms with E-state index in [0.29, 0.717) is 25.2 Å². The number of carboxylic acid groups (broad SMARTS) is 1. The van der Waals surface area contributed by atoms with Gasteiger partial charge in [-0.1, -0.05) is 6.07 Å². The molecule has 2 saturated heterocycles. The summed E-state index contributed by atoms with van der Waals surface area (Å²) in [5.41, 5.74) is 0. The molecule has 30 heavy (non-hydrogen) atoms. The molecule has 0 aromatic carbocycles.